The summed E-state index contributed by atoms with van der Waals surface area (Å²) in [5.74, 6) is 0.311. The summed E-state index contributed by atoms with van der Waals surface area (Å²) < 4.78 is 5.20. The minimum Gasteiger partial charge on any atom is -0.497 e. The number of piperidine rings is 1. The van der Waals surface area contributed by atoms with Gasteiger partial charge in [-0.25, -0.2) is 4.99 Å². The molecule has 6 nitrogen and oxygen atoms in total. The molecule has 2 heterocycles. The number of benzene rings is 1. The summed E-state index contributed by atoms with van der Waals surface area (Å²) >= 11 is 0. The molecule has 0 bridgehead atoms. The Morgan fingerprint density at radius 2 is 2.25 bits per heavy atom. The van der Waals surface area contributed by atoms with Gasteiger partial charge in [0, 0.05) is 18.5 Å². The van der Waals surface area contributed by atoms with Crippen molar-refractivity contribution >= 4 is 23.8 Å². The molecule has 0 aliphatic carbocycles. The predicted molar refractivity (Wildman–Crippen MR) is 72.9 cm³/mol. The second kappa shape index (κ2) is 4.96. The summed E-state index contributed by atoms with van der Waals surface area (Å²) in [6.07, 6.45) is 2.57. The lowest BCUT2D eigenvalue weighted by Crippen LogP contribution is -2.52. The molecule has 2 aliphatic rings. The smallest absolute Gasteiger partial charge is 0.249 e. The molecule has 1 fully saturated rings. The van der Waals surface area contributed by atoms with Crippen LogP contribution in [0, 0.1) is 0 Å². The summed E-state index contributed by atoms with van der Waals surface area (Å²) in [6, 6.07) is 5.34. The Labute approximate surface area is 116 Å². The third kappa shape index (κ3) is 2.24. The van der Waals surface area contributed by atoms with Gasteiger partial charge in [-0.2, -0.15) is 0 Å². The largest absolute Gasteiger partial charge is 0.497 e. The van der Waals surface area contributed by atoms with E-state index >= 15 is 0 Å². The highest BCUT2D eigenvalue weighted by Crippen LogP contribution is 2.29. The molecule has 1 aromatic carbocycles. The van der Waals surface area contributed by atoms with Crippen molar-refractivity contribution in [2.24, 2.45) is 4.99 Å². The number of imide groups is 1. The van der Waals surface area contributed by atoms with Crippen LogP contribution >= 0.6 is 0 Å². The lowest BCUT2D eigenvalue weighted by Gasteiger charge is -2.33. The first-order chi connectivity index (χ1) is 9.67. The van der Waals surface area contributed by atoms with E-state index in [4.69, 9.17) is 4.74 Å². The molecule has 6 heteroatoms. The van der Waals surface area contributed by atoms with Gasteiger partial charge in [0.1, 0.15) is 11.8 Å². The van der Waals surface area contributed by atoms with Gasteiger partial charge in [0.15, 0.2) is 0 Å². The van der Waals surface area contributed by atoms with E-state index in [-0.39, 0.29) is 17.9 Å². The zero-order valence-electron chi connectivity index (χ0n) is 11.1. The third-order valence-electron chi connectivity index (χ3n) is 3.60. The molecule has 3 rings (SSSR count). The number of fused-ring (bicyclic) bond motifs is 1. The Morgan fingerprint density at radius 3 is 3.00 bits per heavy atom. The number of nitrogens with zero attached hydrogens (tertiary/aromatic N) is 2. The number of methoxy groups -OCH3 is 1. The number of hydrogen-bond acceptors (Lipinski definition) is 5. The zero-order valence-corrected chi connectivity index (χ0v) is 11.1. The molecule has 0 aromatic heterocycles. The minimum absolute atomic E-state index is 0.206. The van der Waals surface area contributed by atoms with Crippen molar-refractivity contribution in [1.82, 2.24) is 10.2 Å². The van der Waals surface area contributed by atoms with Crippen molar-refractivity contribution in [2.45, 2.75) is 25.4 Å². The van der Waals surface area contributed by atoms with Crippen LogP contribution in [-0.4, -0.2) is 36.2 Å². The molecule has 1 saturated heterocycles. The van der Waals surface area contributed by atoms with Crippen LogP contribution < -0.4 is 10.1 Å². The standard InChI is InChI=1S/C14H15N3O3/c1-20-10-2-3-11-9(6-10)7-17(8-15-11)12-4-5-13(18)16-14(12)19/h2-3,6,8,12H,4-5,7H2,1H3,(H,16,18,19). The summed E-state index contributed by atoms with van der Waals surface area (Å²) in [6.45, 7) is 0.586. The van der Waals surface area contributed by atoms with Crippen LogP contribution in [0.4, 0.5) is 5.69 Å². The first-order valence-electron chi connectivity index (χ1n) is 6.48. The minimum atomic E-state index is -0.337. The first-order valence-corrected chi connectivity index (χ1v) is 6.48. The molecule has 0 radical (unpaired) electrons. The SMILES string of the molecule is COc1ccc2c(c1)CN(C1CCC(=O)NC1=O)C=N2. The van der Waals surface area contributed by atoms with E-state index < -0.39 is 0 Å². The molecular weight excluding hydrogens is 258 g/mol. The van der Waals surface area contributed by atoms with Crippen LogP contribution in [0.15, 0.2) is 23.2 Å². The number of carbonyl (C=O) groups is 2. The van der Waals surface area contributed by atoms with Crippen LogP contribution in [0.5, 0.6) is 5.75 Å². The molecule has 2 amide bonds. The monoisotopic (exact) mass is 273 g/mol. The van der Waals surface area contributed by atoms with Crippen molar-refractivity contribution in [3.8, 4) is 5.75 Å². The van der Waals surface area contributed by atoms with Crippen molar-refractivity contribution in [2.75, 3.05) is 7.11 Å². The van der Waals surface area contributed by atoms with E-state index in [2.05, 4.69) is 10.3 Å². The lowest BCUT2D eigenvalue weighted by molar-refractivity contribution is -0.136. The third-order valence-corrected chi connectivity index (χ3v) is 3.60. The second-order valence-corrected chi connectivity index (χ2v) is 4.88. The van der Waals surface area contributed by atoms with Gasteiger partial charge in [-0.15, -0.1) is 0 Å². The van der Waals surface area contributed by atoms with Crippen molar-refractivity contribution in [3.63, 3.8) is 0 Å². The predicted octanol–water partition coefficient (Wildman–Crippen LogP) is 0.976. The average molecular weight is 273 g/mol. The number of carbonyl (C=O) groups excluding carboxylic acids is 2. The second-order valence-electron chi connectivity index (χ2n) is 4.88. The molecular formula is C14H15N3O3. The Balaban J connectivity index is 1.81. The van der Waals surface area contributed by atoms with Crippen molar-refractivity contribution in [3.05, 3.63) is 23.8 Å². The van der Waals surface area contributed by atoms with Gasteiger partial charge in [-0.1, -0.05) is 0 Å². The van der Waals surface area contributed by atoms with Gasteiger partial charge < -0.3 is 9.64 Å². The summed E-state index contributed by atoms with van der Waals surface area (Å²) in [4.78, 5) is 29.3. The summed E-state index contributed by atoms with van der Waals surface area (Å²) in [5, 5.41) is 2.37. The number of aliphatic imine (C=N–C) groups is 1. The summed E-state index contributed by atoms with van der Waals surface area (Å²) in [5.41, 5.74) is 1.89. The fraction of sp³-hybridized carbons (Fsp3) is 0.357. The number of amides is 2. The molecule has 1 aromatic rings. The normalized spacial score (nSPS) is 21.4. The fourth-order valence-electron chi connectivity index (χ4n) is 2.50. The van der Waals surface area contributed by atoms with Crippen LogP contribution in [0.2, 0.25) is 0 Å². The molecule has 104 valence electrons. The molecule has 20 heavy (non-hydrogen) atoms. The Morgan fingerprint density at radius 1 is 1.40 bits per heavy atom. The number of rotatable bonds is 2. The lowest BCUT2D eigenvalue weighted by atomic mass is 10.0. The topological polar surface area (TPSA) is 71.0 Å². The highest BCUT2D eigenvalue weighted by Gasteiger charge is 2.31. The van der Waals surface area contributed by atoms with Crippen LogP contribution in [0.3, 0.4) is 0 Å². The summed E-state index contributed by atoms with van der Waals surface area (Å²) in [7, 11) is 1.62. The van der Waals surface area contributed by atoms with Gasteiger partial charge in [0.05, 0.1) is 19.1 Å². The molecule has 1 N–H and O–H groups in total. The Bertz CT molecular complexity index is 597. The highest BCUT2D eigenvalue weighted by atomic mass is 16.5. The number of ether oxygens (including phenoxy) is 1. The number of hydrogen-bond donors (Lipinski definition) is 1. The molecule has 1 atom stereocenters. The molecule has 0 saturated carbocycles. The molecule has 1 unspecified atom stereocenters. The van der Waals surface area contributed by atoms with Gasteiger partial charge in [-0.3, -0.25) is 14.9 Å². The highest BCUT2D eigenvalue weighted by molar-refractivity contribution is 6.01. The van der Waals surface area contributed by atoms with Gasteiger partial charge in [0.25, 0.3) is 0 Å². The average Bonchev–Trinajstić information content (AvgIpc) is 2.46. The van der Waals surface area contributed by atoms with Crippen molar-refractivity contribution < 1.29 is 14.3 Å². The fourth-order valence-corrected chi connectivity index (χ4v) is 2.50. The molecule has 2 aliphatic heterocycles. The first kappa shape index (κ1) is 12.7. The van der Waals surface area contributed by atoms with E-state index in [1.807, 2.05) is 23.1 Å². The van der Waals surface area contributed by atoms with E-state index in [1.165, 1.54) is 0 Å². The van der Waals surface area contributed by atoms with Crippen molar-refractivity contribution in [1.29, 1.82) is 0 Å². The van der Waals surface area contributed by atoms with Crippen LogP contribution in [0.1, 0.15) is 18.4 Å². The Kier molecular flexibility index (Phi) is 3.14. The zero-order chi connectivity index (χ0) is 14.1. The maximum absolute atomic E-state index is 11.9. The van der Waals surface area contributed by atoms with Crippen LogP contribution in [0.25, 0.3) is 0 Å². The van der Waals surface area contributed by atoms with Crippen LogP contribution in [-0.2, 0) is 16.1 Å². The quantitative estimate of drug-likeness (QED) is 0.815. The van der Waals surface area contributed by atoms with E-state index in [9.17, 15) is 9.59 Å². The van der Waals surface area contributed by atoms with Gasteiger partial charge in [-0.05, 0) is 24.6 Å². The maximum Gasteiger partial charge on any atom is 0.249 e. The maximum atomic E-state index is 11.9. The Hall–Kier alpha value is -2.37. The number of nitrogens with one attached hydrogen (secondary N) is 1. The van der Waals surface area contributed by atoms with Gasteiger partial charge >= 0.3 is 0 Å². The van der Waals surface area contributed by atoms with E-state index in [0.29, 0.717) is 19.4 Å². The van der Waals surface area contributed by atoms with E-state index in [0.717, 1.165) is 17.0 Å². The molecule has 0 spiro atoms. The van der Waals surface area contributed by atoms with E-state index in [1.54, 1.807) is 13.4 Å². The van der Waals surface area contributed by atoms with Gasteiger partial charge in [0.2, 0.25) is 11.8 Å².